The van der Waals surface area contributed by atoms with Crippen LogP contribution in [-0.4, -0.2) is 26.9 Å². The lowest BCUT2D eigenvalue weighted by atomic mass is 10.1. The molecule has 0 bridgehead atoms. The van der Waals surface area contributed by atoms with E-state index in [-0.39, 0.29) is 17.2 Å². The molecule has 0 aliphatic heterocycles. The van der Waals surface area contributed by atoms with Crippen LogP contribution in [-0.2, 0) is 6.42 Å². The standard InChI is InChI=1S/C16H14N4O3S/c21-16(18-6-5-13-2-1-9-24-13)12-3-4-14(15(10-12)20(22)23)19-8-7-17-11-19/h1-4,7-11H,5-6H2,(H,18,21). The molecular formula is C16H14N4O3S. The van der Waals surface area contributed by atoms with Crippen LogP contribution >= 0.6 is 11.3 Å². The summed E-state index contributed by atoms with van der Waals surface area (Å²) in [5, 5.41) is 16.1. The highest BCUT2D eigenvalue weighted by Crippen LogP contribution is 2.24. The Hall–Kier alpha value is -3.00. The van der Waals surface area contributed by atoms with Crippen molar-refractivity contribution in [3.05, 3.63) is 75.0 Å². The summed E-state index contributed by atoms with van der Waals surface area (Å²) in [5.74, 6) is -0.327. The van der Waals surface area contributed by atoms with Gasteiger partial charge in [0.05, 0.1) is 11.3 Å². The second-order valence-electron chi connectivity index (χ2n) is 5.02. The molecule has 1 N–H and O–H groups in total. The number of amides is 1. The molecule has 0 saturated carbocycles. The number of hydrogen-bond acceptors (Lipinski definition) is 5. The van der Waals surface area contributed by atoms with E-state index in [4.69, 9.17) is 0 Å². The zero-order chi connectivity index (χ0) is 16.9. The van der Waals surface area contributed by atoms with Gasteiger partial charge < -0.3 is 9.88 Å². The zero-order valence-corrected chi connectivity index (χ0v) is 13.4. The minimum atomic E-state index is -0.502. The number of nitrogens with zero attached hydrogens (tertiary/aromatic N) is 3. The van der Waals surface area contributed by atoms with Crippen molar-refractivity contribution in [2.75, 3.05) is 6.54 Å². The van der Waals surface area contributed by atoms with Crippen LogP contribution in [0.1, 0.15) is 15.2 Å². The maximum atomic E-state index is 12.2. The van der Waals surface area contributed by atoms with E-state index in [1.165, 1.54) is 28.0 Å². The zero-order valence-electron chi connectivity index (χ0n) is 12.6. The van der Waals surface area contributed by atoms with Crippen molar-refractivity contribution in [2.45, 2.75) is 6.42 Å². The van der Waals surface area contributed by atoms with Gasteiger partial charge in [-0.15, -0.1) is 11.3 Å². The summed E-state index contributed by atoms with van der Waals surface area (Å²) in [6.07, 6.45) is 5.36. The predicted molar refractivity (Wildman–Crippen MR) is 90.6 cm³/mol. The molecule has 3 rings (SSSR count). The van der Waals surface area contributed by atoms with E-state index in [1.54, 1.807) is 29.7 Å². The molecule has 7 nitrogen and oxygen atoms in total. The number of nitrogens with one attached hydrogen (secondary N) is 1. The highest BCUT2D eigenvalue weighted by molar-refractivity contribution is 7.09. The van der Waals surface area contributed by atoms with Gasteiger partial charge in [0.2, 0.25) is 0 Å². The second-order valence-corrected chi connectivity index (χ2v) is 6.05. The average molecular weight is 342 g/mol. The fourth-order valence-corrected chi connectivity index (χ4v) is 3.00. The van der Waals surface area contributed by atoms with Crippen LogP contribution < -0.4 is 5.32 Å². The summed E-state index contributed by atoms with van der Waals surface area (Å²) in [4.78, 5) is 28.1. The molecule has 0 fully saturated rings. The second kappa shape index (κ2) is 7.05. The first kappa shape index (κ1) is 15.9. The van der Waals surface area contributed by atoms with E-state index in [9.17, 15) is 14.9 Å². The number of rotatable bonds is 6. The van der Waals surface area contributed by atoms with Gasteiger partial charge in [-0.1, -0.05) is 6.07 Å². The van der Waals surface area contributed by atoms with Crippen molar-refractivity contribution in [1.82, 2.24) is 14.9 Å². The first-order valence-corrected chi connectivity index (χ1v) is 8.10. The van der Waals surface area contributed by atoms with Crippen LogP contribution in [0.25, 0.3) is 5.69 Å². The van der Waals surface area contributed by atoms with Crippen LogP contribution in [0, 0.1) is 10.1 Å². The van der Waals surface area contributed by atoms with Crippen molar-refractivity contribution in [1.29, 1.82) is 0 Å². The van der Waals surface area contributed by atoms with Gasteiger partial charge >= 0.3 is 0 Å². The number of nitro benzene ring substituents is 1. The summed E-state index contributed by atoms with van der Waals surface area (Å²) < 4.78 is 1.54. The van der Waals surface area contributed by atoms with E-state index in [1.807, 2.05) is 17.5 Å². The third-order valence-electron chi connectivity index (χ3n) is 3.45. The van der Waals surface area contributed by atoms with Crippen LogP contribution in [0.4, 0.5) is 5.69 Å². The maximum absolute atomic E-state index is 12.2. The number of thiophene rings is 1. The molecule has 122 valence electrons. The van der Waals surface area contributed by atoms with Crippen LogP contribution in [0.3, 0.4) is 0 Å². The molecule has 3 aromatic rings. The van der Waals surface area contributed by atoms with Crippen molar-refractivity contribution >= 4 is 22.9 Å². The summed E-state index contributed by atoms with van der Waals surface area (Å²) >= 11 is 1.63. The minimum absolute atomic E-state index is 0.140. The van der Waals surface area contributed by atoms with Gasteiger partial charge in [-0.05, 0) is 30.0 Å². The van der Waals surface area contributed by atoms with Gasteiger partial charge in [-0.25, -0.2) is 4.98 Å². The van der Waals surface area contributed by atoms with Gasteiger partial charge in [0.25, 0.3) is 11.6 Å². The van der Waals surface area contributed by atoms with Crippen molar-refractivity contribution in [3.63, 3.8) is 0 Å². The van der Waals surface area contributed by atoms with Crippen molar-refractivity contribution in [3.8, 4) is 5.69 Å². The largest absolute Gasteiger partial charge is 0.352 e. The van der Waals surface area contributed by atoms with E-state index < -0.39 is 4.92 Å². The Balaban J connectivity index is 1.74. The molecule has 1 amide bonds. The van der Waals surface area contributed by atoms with Crippen LogP contribution in [0.2, 0.25) is 0 Å². The molecule has 0 unspecified atom stereocenters. The smallest absolute Gasteiger partial charge is 0.294 e. The molecule has 2 aromatic heterocycles. The Morgan fingerprint density at radius 2 is 2.25 bits per heavy atom. The van der Waals surface area contributed by atoms with E-state index in [0.717, 1.165) is 6.42 Å². The number of carbonyl (C=O) groups excluding carboxylic acids is 1. The van der Waals surface area contributed by atoms with E-state index in [2.05, 4.69) is 10.3 Å². The predicted octanol–water partition coefficient (Wildman–Crippen LogP) is 2.81. The molecule has 0 radical (unpaired) electrons. The lowest BCUT2D eigenvalue weighted by Gasteiger charge is -2.07. The monoisotopic (exact) mass is 342 g/mol. The summed E-state index contributed by atoms with van der Waals surface area (Å²) in [6.45, 7) is 0.483. The Labute approximate surface area is 141 Å². The summed E-state index contributed by atoms with van der Waals surface area (Å²) in [6, 6.07) is 8.37. The third kappa shape index (κ3) is 3.49. The molecule has 0 saturated heterocycles. The highest BCUT2D eigenvalue weighted by atomic mass is 32.1. The molecule has 0 aliphatic carbocycles. The van der Waals surface area contributed by atoms with E-state index >= 15 is 0 Å². The van der Waals surface area contributed by atoms with Crippen molar-refractivity contribution < 1.29 is 9.72 Å². The number of aromatic nitrogens is 2. The number of nitro groups is 1. The number of carbonyl (C=O) groups is 1. The molecule has 8 heteroatoms. The first-order valence-electron chi connectivity index (χ1n) is 7.22. The molecule has 0 spiro atoms. The third-order valence-corrected chi connectivity index (χ3v) is 4.39. The molecular weight excluding hydrogens is 328 g/mol. The SMILES string of the molecule is O=C(NCCc1cccs1)c1ccc(-n2ccnc2)c([N+](=O)[O-])c1. The minimum Gasteiger partial charge on any atom is -0.352 e. The van der Waals surface area contributed by atoms with Crippen LogP contribution in [0.15, 0.2) is 54.4 Å². The number of hydrogen-bond donors (Lipinski definition) is 1. The quantitative estimate of drug-likeness (QED) is 0.551. The maximum Gasteiger partial charge on any atom is 0.294 e. The normalized spacial score (nSPS) is 10.5. The Bertz CT molecular complexity index is 844. The molecule has 1 aromatic carbocycles. The Morgan fingerprint density at radius 3 is 2.92 bits per heavy atom. The highest BCUT2D eigenvalue weighted by Gasteiger charge is 2.18. The van der Waals surface area contributed by atoms with Crippen LogP contribution in [0.5, 0.6) is 0 Å². The lowest BCUT2D eigenvalue weighted by Crippen LogP contribution is -2.25. The van der Waals surface area contributed by atoms with Gasteiger partial charge in [0.15, 0.2) is 0 Å². The number of benzene rings is 1. The summed E-state index contributed by atoms with van der Waals surface area (Å²) in [7, 11) is 0. The lowest BCUT2D eigenvalue weighted by molar-refractivity contribution is -0.384. The molecule has 0 aliphatic rings. The topological polar surface area (TPSA) is 90.1 Å². The molecule has 2 heterocycles. The van der Waals surface area contributed by atoms with Gasteiger partial charge in [-0.3, -0.25) is 14.9 Å². The van der Waals surface area contributed by atoms with Gasteiger partial charge in [-0.2, -0.15) is 0 Å². The molecule has 24 heavy (non-hydrogen) atoms. The number of imidazole rings is 1. The van der Waals surface area contributed by atoms with Gasteiger partial charge in [0.1, 0.15) is 5.69 Å². The molecule has 0 atom stereocenters. The van der Waals surface area contributed by atoms with Gasteiger partial charge in [0, 0.05) is 35.4 Å². The Morgan fingerprint density at radius 1 is 1.38 bits per heavy atom. The van der Waals surface area contributed by atoms with Crippen molar-refractivity contribution in [2.24, 2.45) is 0 Å². The fraction of sp³-hybridized carbons (Fsp3) is 0.125. The summed E-state index contributed by atoms with van der Waals surface area (Å²) in [5.41, 5.74) is 0.489. The Kier molecular flexibility index (Phi) is 4.66. The average Bonchev–Trinajstić information content (AvgIpc) is 3.28. The fourth-order valence-electron chi connectivity index (χ4n) is 2.29. The first-order chi connectivity index (χ1) is 11.6. The van der Waals surface area contributed by atoms with E-state index in [0.29, 0.717) is 12.2 Å².